The summed E-state index contributed by atoms with van der Waals surface area (Å²) in [7, 11) is 1.59. The van der Waals surface area contributed by atoms with E-state index in [0.29, 0.717) is 31.9 Å². The summed E-state index contributed by atoms with van der Waals surface area (Å²) in [5.74, 6) is 0.381. The number of methoxy groups -OCH3 is 1. The average Bonchev–Trinajstić information content (AvgIpc) is 2.69. The molecule has 1 aromatic carbocycles. The number of hydrogen-bond donors (Lipinski definition) is 1. The maximum Gasteiger partial charge on any atom is 0.408 e. The van der Waals surface area contributed by atoms with Crippen LogP contribution >= 0.6 is 0 Å². The van der Waals surface area contributed by atoms with Crippen molar-refractivity contribution >= 4 is 24.0 Å². The minimum atomic E-state index is -0.624. The summed E-state index contributed by atoms with van der Waals surface area (Å²) >= 11 is 0. The van der Waals surface area contributed by atoms with Gasteiger partial charge in [-0.2, -0.15) is 0 Å². The lowest BCUT2D eigenvalue weighted by Crippen LogP contribution is -2.52. The number of alkyl carbamates (subject to hydrolysis) is 1. The predicted molar refractivity (Wildman–Crippen MR) is 109 cm³/mol. The van der Waals surface area contributed by atoms with Crippen molar-refractivity contribution in [3.8, 4) is 5.75 Å². The second-order valence-electron chi connectivity index (χ2n) is 7.64. The monoisotopic (exact) mass is 403 g/mol. The number of nitrogens with zero attached hydrogens (tertiary/aromatic N) is 2. The van der Waals surface area contributed by atoms with Gasteiger partial charge in [0, 0.05) is 37.8 Å². The van der Waals surface area contributed by atoms with Crippen LogP contribution in [0.3, 0.4) is 0 Å². The van der Waals surface area contributed by atoms with Gasteiger partial charge in [-0.05, 0) is 32.9 Å². The van der Waals surface area contributed by atoms with Crippen molar-refractivity contribution in [3.05, 3.63) is 35.9 Å². The van der Waals surface area contributed by atoms with Gasteiger partial charge in [-0.1, -0.05) is 18.2 Å². The maximum atomic E-state index is 12.4. The van der Waals surface area contributed by atoms with Crippen LogP contribution in [-0.2, 0) is 14.3 Å². The molecule has 1 fully saturated rings. The highest BCUT2D eigenvalue weighted by Gasteiger charge is 2.24. The molecule has 1 aromatic rings. The minimum Gasteiger partial charge on any atom is -0.496 e. The molecule has 0 radical (unpaired) electrons. The standard InChI is InChI=1S/C21H29N3O5/c1-21(2,3)29-20(27)22-15-19(26)24-13-11-23(12-14-24)18(25)10-9-16-7-5-6-8-17(16)28-4/h5-10H,11-15H2,1-4H3,(H,22,27)/b10-9+. The van der Waals surface area contributed by atoms with Gasteiger partial charge in [0.05, 0.1) is 7.11 Å². The fourth-order valence-corrected chi connectivity index (χ4v) is 2.82. The van der Waals surface area contributed by atoms with E-state index in [4.69, 9.17) is 9.47 Å². The van der Waals surface area contributed by atoms with Crippen molar-refractivity contribution in [2.24, 2.45) is 0 Å². The first-order valence-corrected chi connectivity index (χ1v) is 9.54. The second kappa shape index (κ2) is 9.95. The first kappa shape index (κ1) is 22.3. The zero-order chi connectivity index (χ0) is 21.4. The molecule has 1 N–H and O–H groups in total. The van der Waals surface area contributed by atoms with Crippen molar-refractivity contribution < 1.29 is 23.9 Å². The molecule has 1 saturated heterocycles. The van der Waals surface area contributed by atoms with Gasteiger partial charge >= 0.3 is 6.09 Å². The molecule has 2 rings (SSSR count). The third kappa shape index (κ3) is 7.14. The molecule has 158 valence electrons. The lowest BCUT2D eigenvalue weighted by molar-refractivity contribution is -0.136. The Morgan fingerprint density at radius 3 is 2.31 bits per heavy atom. The molecule has 1 aliphatic heterocycles. The van der Waals surface area contributed by atoms with Crippen LogP contribution in [-0.4, -0.2) is 73.1 Å². The summed E-state index contributed by atoms with van der Waals surface area (Å²) in [6, 6.07) is 7.45. The number of piperazine rings is 1. The fourth-order valence-electron chi connectivity index (χ4n) is 2.82. The lowest BCUT2D eigenvalue weighted by atomic mass is 10.2. The van der Waals surface area contributed by atoms with E-state index in [9.17, 15) is 14.4 Å². The van der Waals surface area contributed by atoms with E-state index in [1.54, 1.807) is 43.8 Å². The van der Waals surface area contributed by atoms with Gasteiger partial charge in [-0.15, -0.1) is 0 Å². The van der Waals surface area contributed by atoms with Gasteiger partial charge in [-0.25, -0.2) is 4.79 Å². The summed E-state index contributed by atoms with van der Waals surface area (Å²) in [6.07, 6.45) is 2.61. The Morgan fingerprint density at radius 1 is 1.07 bits per heavy atom. The van der Waals surface area contributed by atoms with Crippen LogP contribution < -0.4 is 10.1 Å². The third-order valence-electron chi connectivity index (χ3n) is 4.27. The maximum absolute atomic E-state index is 12.4. The van der Waals surface area contributed by atoms with Crippen molar-refractivity contribution in [2.45, 2.75) is 26.4 Å². The number of hydrogen-bond acceptors (Lipinski definition) is 5. The van der Waals surface area contributed by atoms with Gasteiger partial charge in [0.25, 0.3) is 0 Å². The zero-order valence-electron chi connectivity index (χ0n) is 17.4. The van der Waals surface area contributed by atoms with E-state index >= 15 is 0 Å². The molecule has 0 aliphatic carbocycles. The van der Waals surface area contributed by atoms with E-state index < -0.39 is 11.7 Å². The normalized spacial score (nSPS) is 14.6. The SMILES string of the molecule is COc1ccccc1/C=C/C(=O)N1CCN(C(=O)CNC(=O)OC(C)(C)C)CC1. The van der Waals surface area contributed by atoms with E-state index in [-0.39, 0.29) is 18.4 Å². The van der Waals surface area contributed by atoms with Gasteiger partial charge in [-0.3, -0.25) is 9.59 Å². The summed E-state index contributed by atoms with van der Waals surface area (Å²) in [6.45, 7) is 6.86. The molecule has 0 spiro atoms. The number of nitrogens with one attached hydrogen (secondary N) is 1. The topological polar surface area (TPSA) is 88.2 Å². The molecule has 0 atom stereocenters. The van der Waals surface area contributed by atoms with Crippen LogP contribution in [0.25, 0.3) is 6.08 Å². The summed E-state index contributed by atoms with van der Waals surface area (Å²) in [4.78, 5) is 39.6. The van der Waals surface area contributed by atoms with Gasteiger partial charge in [0.15, 0.2) is 0 Å². The predicted octanol–water partition coefficient (Wildman–Crippen LogP) is 1.90. The van der Waals surface area contributed by atoms with Crippen LogP contribution in [0.2, 0.25) is 0 Å². The number of rotatable bonds is 5. The molecule has 3 amide bonds. The van der Waals surface area contributed by atoms with Crippen LogP contribution in [0.15, 0.2) is 30.3 Å². The molecule has 1 heterocycles. The Kier molecular flexibility index (Phi) is 7.64. The second-order valence-corrected chi connectivity index (χ2v) is 7.64. The van der Waals surface area contributed by atoms with Crippen molar-refractivity contribution in [1.29, 1.82) is 0 Å². The minimum absolute atomic E-state index is 0.116. The van der Waals surface area contributed by atoms with E-state index in [1.165, 1.54) is 6.08 Å². The average molecular weight is 403 g/mol. The molecule has 29 heavy (non-hydrogen) atoms. The van der Waals surface area contributed by atoms with E-state index in [2.05, 4.69) is 5.32 Å². The fraction of sp³-hybridized carbons (Fsp3) is 0.476. The summed E-state index contributed by atoms with van der Waals surface area (Å²) < 4.78 is 10.4. The number of amides is 3. The highest BCUT2D eigenvalue weighted by molar-refractivity contribution is 5.92. The number of ether oxygens (including phenoxy) is 2. The number of carbonyl (C=O) groups is 3. The highest BCUT2D eigenvalue weighted by Crippen LogP contribution is 2.18. The number of para-hydroxylation sites is 1. The van der Waals surface area contributed by atoms with Crippen molar-refractivity contribution in [3.63, 3.8) is 0 Å². The molecule has 1 aliphatic rings. The quantitative estimate of drug-likeness (QED) is 0.759. The number of carbonyl (C=O) groups excluding carboxylic acids is 3. The van der Waals surface area contributed by atoms with Crippen LogP contribution in [0, 0.1) is 0 Å². The molecule has 0 bridgehead atoms. The lowest BCUT2D eigenvalue weighted by Gasteiger charge is -2.34. The van der Waals surface area contributed by atoms with Crippen molar-refractivity contribution in [1.82, 2.24) is 15.1 Å². The van der Waals surface area contributed by atoms with Crippen LogP contribution in [0.4, 0.5) is 4.79 Å². The Labute approximate surface area is 171 Å². The Hall–Kier alpha value is -3.03. The first-order valence-electron chi connectivity index (χ1n) is 9.54. The molecule has 0 saturated carbocycles. The van der Waals surface area contributed by atoms with E-state index in [1.807, 2.05) is 24.3 Å². The van der Waals surface area contributed by atoms with Crippen molar-refractivity contribution in [2.75, 3.05) is 39.8 Å². The van der Waals surface area contributed by atoms with Gasteiger partial charge < -0.3 is 24.6 Å². The molecule has 8 heteroatoms. The van der Waals surface area contributed by atoms with Crippen LogP contribution in [0.1, 0.15) is 26.3 Å². The first-order chi connectivity index (χ1) is 13.7. The molecule has 0 unspecified atom stereocenters. The van der Waals surface area contributed by atoms with Gasteiger partial charge in [0.1, 0.15) is 17.9 Å². The van der Waals surface area contributed by atoms with Gasteiger partial charge in [0.2, 0.25) is 11.8 Å². The Morgan fingerprint density at radius 2 is 1.69 bits per heavy atom. The van der Waals surface area contributed by atoms with E-state index in [0.717, 1.165) is 5.56 Å². The largest absolute Gasteiger partial charge is 0.496 e. The van der Waals surface area contributed by atoms with Crippen LogP contribution in [0.5, 0.6) is 5.75 Å². The Bertz CT molecular complexity index is 762. The number of benzene rings is 1. The third-order valence-corrected chi connectivity index (χ3v) is 4.27. The molecule has 8 nitrogen and oxygen atoms in total. The molecular formula is C21H29N3O5. The summed E-state index contributed by atoms with van der Waals surface area (Å²) in [5, 5.41) is 2.46. The Balaban J connectivity index is 1.79. The summed E-state index contributed by atoms with van der Waals surface area (Å²) in [5.41, 5.74) is 0.210. The zero-order valence-corrected chi connectivity index (χ0v) is 17.4. The molecule has 0 aromatic heterocycles. The highest BCUT2D eigenvalue weighted by atomic mass is 16.6. The molecular weight excluding hydrogens is 374 g/mol. The smallest absolute Gasteiger partial charge is 0.408 e.